The van der Waals surface area contributed by atoms with Crippen LogP contribution >= 0.6 is 0 Å². The Morgan fingerprint density at radius 2 is 1.87 bits per heavy atom. The lowest BCUT2D eigenvalue weighted by atomic mass is 9.90. The maximum atomic E-state index is 12.7. The Balaban J connectivity index is 1.95. The molecule has 1 heterocycles. The van der Waals surface area contributed by atoms with Gasteiger partial charge in [0, 0.05) is 5.56 Å². The number of phenols is 1. The predicted octanol–water partition coefficient (Wildman–Crippen LogP) is 4.38. The number of phenolic OH excluding ortho intramolecular Hbond substituents is 1. The average Bonchev–Trinajstić information content (AvgIpc) is 2.57. The molecule has 1 aliphatic carbocycles. The first-order valence-electron chi connectivity index (χ1n) is 7.77. The molecule has 23 heavy (non-hydrogen) atoms. The molecule has 114 valence electrons. The van der Waals surface area contributed by atoms with Crippen molar-refractivity contribution in [1.82, 2.24) is 0 Å². The summed E-state index contributed by atoms with van der Waals surface area (Å²) in [6.45, 7) is 0. The van der Waals surface area contributed by atoms with Gasteiger partial charge in [0.05, 0.1) is 5.39 Å². The summed E-state index contributed by atoms with van der Waals surface area (Å²) in [5.41, 5.74) is 3.37. The zero-order valence-electron chi connectivity index (χ0n) is 12.6. The summed E-state index contributed by atoms with van der Waals surface area (Å²) in [6.07, 6.45) is 4.64. The van der Waals surface area contributed by atoms with E-state index in [-0.39, 0.29) is 11.2 Å². The summed E-state index contributed by atoms with van der Waals surface area (Å²) in [7, 11) is 0. The van der Waals surface area contributed by atoms with Gasteiger partial charge in [-0.2, -0.15) is 0 Å². The fraction of sp³-hybridized carbons (Fsp3) is 0.150. The van der Waals surface area contributed by atoms with E-state index in [2.05, 4.69) is 6.08 Å². The standard InChI is InChI=1S/C20H16O3/c21-15-9-10-18-17(12-15)19(22)16-8-4-7-14(20(16)23-18)11-13-5-2-1-3-6-13/h1-3,5-6,9-12,21H,4,7-8H2. The minimum Gasteiger partial charge on any atom is -0.508 e. The Labute approximate surface area is 133 Å². The van der Waals surface area contributed by atoms with Gasteiger partial charge < -0.3 is 9.52 Å². The highest BCUT2D eigenvalue weighted by Crippen LogP contribution is 2.33. The number of allylic oxidation sites excluding steroid dienone is 1. The summed E-state index contributed by atoms with van der Waals surface area (Å²) in [6, 6.07) is 14.7. The third kappa shape index (κ3) is 2.44. The molecule has 0 radical (unpaired) electrons. The summed E-state index contributed by atoms with van der Waals surface area (Å²) in [4.78, 5) is 12.7. The van der Waals surface area contributed by atoms with Crippen LogP contribution in [0.15, 0.2) is 57.7 Å². The van der Waals surface area contributed by atoms with Crippen molar-refractivity contribution in [1.29, 1.82) is 0 Å². The van der Waals surface area contributed by atoms with Crippen LogP contribution in [0, 0.1) is 0 Å². The molecule has 2 aromatic carbocycles. The first kappa shape index (κ1) is 13.8. The maximum Gasteiger partial charge on any atom is 0.196 e. The van der Waals surface area contributed by atoms with Gasteiger partial charge in [0.2, 0.25) is 0 Å². The normalized spacial score (nSPS) is 15.7. The molecular weight excluding hydrogens is 288 g/mol. The van der Waals surface area contributed by atoms with Gasteiger partial charge in [-0.25, -0.2) is 0 Å². The lowest BCUT2D eigenvalue weighted by Gasteiger charge is -2.18. The lowest BCUT2D eigenvalue weighted by Crippen LogP contribution is -2.15. The molecule has 0 fully saturated rings. The first-order chi connectivity index (χ1) is 11.2. The van der Waals surface area contributed by atoms with Crippen molar-refractivity contribution in [2.24, 2.45) is 0 Å². The van der Waals surface area contributed by atoms with E-state index >= 15 is 0 Å². The van der Waals surface area contributed by atoms with Gasteiger partial charge in [-0.05, 0) is 54.7 Å². The number of hydrogen-bond donors (Lipinski definition) is 1. The zero-order chi connectivity index (χ0) is 15.8. The second-order valence-electron chi connectivity index (χ2n) is 5.85. The molecule has 3 heteroatoms. The fourth-order valence-electron chi connectivity index (χ4n) is 3.17. The molecular formula is C20H16O3. The van der Waals surface area contributed by atoms with Gasteiger partial charge in [-0.1, -0.05) is 30.3 Å². The topological polar surface area (TPSA) is 50.4 Å². The summed E-state index contributed by atoms with van der Waals surface area (Å²) >= 11 is 0. The van der Waals surface area contributed by atoms with Gasteiger partial charge in [-0.3, -0.25) is 4.79 Å². The van der Waals surface area contributed by atoms with Crippen LogP contribution in [-0.2, 0) is 6.42 Å². The molecule has 0 saturated carbocycles. The smallest absolute Gasteiger partial charge is 0.196 e. The van der Waals surface area contributed by atoms with Crippen molar-refractivity contribution in [2.45, 2.75) is 19.3 Å². The Morgan fingerprint density at radius 1 is 1.04 bits per heavy atom. The van der Waals surface area contributed by atoms with E-state index in [0.29, 0.717) is 16.7 Å². The SMILES string of the molecule is O=c1c2c(oc3ccc(O)cc13)C(=Cc1ccccc1)CCC2. The predicted molar refractivity (Wildman–Crippen MR) is 91.4 cm³/mol. The summed E-state index contributed by atoms with van der Waals surface area (Å²) in [5, 5.41) is 10.1. The number of hydrogen-bond acceptors (Lipinski definition) is 3. The van der Waals surface area contributed by atoms with Gasteiger partial charge in [-0.15, -0.1) is 0 Å². The van der Waals surface area contributed by atoms with Crippen LogP contribution in [0.3, 0.4) is 0 Å². The van der Waals surface area contributed by atoms with Crippen molar-refractivity contribution < 1.29 is 9.52 Å². The third-order valence-electron chi connectivity index (χ3n) is 4.27. The maximum absolute atomic E-state index is 12.7. The van der Waals surface area contributed by atoms with Crippen molar-refractivity contribution >= 4 is 22.6 Å². The number of fused-ring (bicyclic) bond motifs is 2. The van der Waals surface area contributed by atoms with Gasteiger partial charge in [0.25, 0.3) is 0 Å². The summed E-state index contributed by atoms with van der Waals surface area (Å²) in [5.74, 6) is 0.781. The first-order valence-corrected chi connectivity index (χ1v) is 7.77. The third-order valence-corrected chi connectivity index (χ3v) is 4.27. The molecule has 1 aliphatic rings. The minimum atomic E-state index is -0.0317. The monoisotopic (exact) mass is 304 g/mol. The Morgan fingerprint density at radius 3 is 2.70 bits per heavy atom. The molecule has 0 unspecified atom stereocenters. The van der Waals surface area contributed by atoms with E-state index < -0.39 is 0 Å². The van der Waals surface area contributed by atoms with Gasteiger partial charge in [0.15, 0.2) is 5.43 Å². The van der Waals surface area contributed by atoms with Crippen molar-refractivity contribution in [2.75, 3.05) is 0 Å². The number of benzene rings is 2. The van der Waals surface area contributed by atoms with E-state index in [0.717, 1.165) is 36.0 Å². The minimum absolute atomic E-state index is 0.0317. The van der Waals surface area contributed by atoms with Crippen LogP contribution in [0.4, 0.5) is 0 Å². The van der Waals surface area contributed by atoms with E-state index in [1.165, 1.54) is 6.07 Å². The molecule has 0 spiro atoms. The molecule has 0 amide bonds. The highest BCUT2D eigenvalue weighted by atomic mass is 16.3. The molecule has 1 aromatic heterocycles. The van der Waals surface area contributed by atoms with Crippen molar-refractivity contribution in [3.05, 3.63) is 75.6 Å². The van der Waals surface area contributed by atoms with E-state index in [9.17, 15) is 9.90 Å². The Bertz CT molecular complexity index is 965. The molecule has 0 atom stereocenters. The second-order valence-corrected chi connectivity index (χ2v) is 5.85. The van der Waals surface area contributed by atoms with E-state index in [4.69, 9.17) is 4.42 Å². The van der Waals surface area contributed by atoms with Crippen molar-refractivity contribution in [3.63, 3.8) is 0 Å². The molecule has 0 saturated heterocycles. The van der Waals surface area contributed by atoms with Crippen LogP contribution in [0.25, 0.3) is 22.6 Å². The van der Waals surface area contributed by atoms with Crippen LogP contribution in [-0.4, -0.2) is 5.11 Å². The zero-order valence-corrected chi connectivity index (χ0v) is 12.6. The van der Waals surface area contributed by atoms with Crippen LogP contribution in [0.2, 0.25) is 0 Å². The largest absolute Gasteiger partial charge is 0.508 e. The van der Waals surface area contributed by atoms with Gasteiger partial charge >= 0.3 is 0 Å². The Hall–Kier alpha value is -2.81. The van der Waals surface area contributed by atoms with Crippen LogP contribution < -0.4 is 5.43 Å². The van der Waals surface area contributed by atoms with Crippen LogP contribution in [0.5, 0.6) is 5.75 Å². The molecule has 0 bridgehead atoms. The van der Waals surface area contributed by atoms with Crippen molar-refractivity contribution in [3.8, 4) is 5.75 Å². The van der Waals surface area contributed by atoms with Gasteiger partial charge in [0.1, 0.15) is 17.1 Å². The van der Waals surface area contributed by atoms with E-state index in [1.807, 2.05) is 30.3 Å². The molecule has 0 aliphatic heterocycles. The highest BCUT2D eigenvalue weighted by molar-refractivity contribution is 5.86. The lowest BCUT2D eigenvalue weighted by molar-refractivity contribution is 0.475. The molecule has 4 rings (SSSR count). The molecule has 1 N–H and O–H groups in total. The molecule has 3 nitrogen and oxygen atoms in total. The quantitative estimate of drug-likeness (QED) is 0.726. The summed E-state index contributed by atoms with van der Waals surface area (Å²) < 4.78 is 6.03. The average molecular weight is 304 g/mol. The highest BCUT2D eigenvalue weighted by Gasteiger charge is 2.21. The molecule has 3 aromatic rings. The Kier molecular flexibility index (Phi) is 3.27. The second kappa shape index (κ2) is 5.43. The number of rotatable bonds is 1. The van der Waals surface area contributed by atoms with E-state index in [1.54, 1.807) is 12.1 Å². The van der Waals surface area contributed by atoms with Crippen LogP contribution in [0.1, 0.15) is 29.7 Å². The number of aromatic hydroxyl groups is 1. The fourth-order valence-corrected chi connectivity index (χ4v) is 3.17.